The minimum Gasteiger partial charge on any atom is -0.478 e. The van der Waals surface area contributed by atoms with Crippen LogP contribution in [0.3, 0.4) is 0 Å². The average molecular weight is 339 g/mol. The molecule has 0 amide bonds. The number of hydrogen-bond donors (Lipinski definition) is 1. The van der Waals surface area contributed by atoms with E-state index in [2.05, 4.69) is 15.9 Å². The summed E-state index contributed by atoms with van der Waals surface area (Å²) in [6, 6.07) is 11.2. The molecule has 0 spiro atoms. The van der Waals surface area contributed by atoms with E-state index < -0.39 is 11.8 Å². The van der Waals surface area contributed by atoms with E-state index >= 15 is 0 Å². The van der Waals surface area contributed by atoms with Crippen LogP contribution in [0.2, 0.25) is 0 Å². The van der Waals surface area contributed by atoms with Gasteiger partial charge in [-0.15, -0.1) is 0 Å². The van der Waals surface area contributed by atoms with Gasteiger partial charge in [0.25, 0.3) is 0 Å². The van der Waals surface area contributed by atoms with Crippen LogP contribution >= 0.6 is 15.9 Å². The maximum atomic E-state index is 13.5. The molecule has 0 unspecified atom stereocenters. The van der Waals surface area contributed by atoms with Crippen molar-refractivity contribution in [2.45, 2.75) is 13.2 Å². The second-order valence-corrected chi connectivity index (χ2v) is 5.15. The number of rotatable bonds is 5. The van der Waals surface area contributed by atoms with Crippen molar-refractivity contribution in [2.24, 2.45) is 0 Å². The Morgan fingerprint density at radius 3 is 2.50 bits per heavy atom. The third kappa shape index (κ3) is 3.88. The zero-order valence-corrected chi connectivity index (χ0v) is 12.1. The second kappa shape index (κ2) is 6.63. The number of hydrogen-bond acceptors (Lipinski definition) is 2. The van der Waals surface area contributed by atoms with Crippen molar-refractivity contribution in [1.29, 1.82) is 0 Å². The fourth-order valence-electron chi connectivity index (χ4n) is 1.68. The zero-order chi connectivity index (χ0) is 14.5. The highest BCUT2D eigenvalue weighted by molar-refractivity contribution is 9.10. The van der Waals surface area contributed by atoms with Gasteiger partial charge in [-0.3, -0.25) is 0 Å². The molecule has 3 nitrogen and oxygen atoms in total. The first-order chi connectivity index (χ1) is 9.56. The topological polar surface area (TPSA) is 46.5 Å². The molecule has 0 heterocycles. The van der Waals surface area contributed by atoms with Gasteiger partial charge in [0.1, 0.15) is 5.82 Å². The van der Waals surface area contributed by atoms with Crippen LogP contribution in [0.4, 0.5) is 4.39 Å². The molecule has 2 aromatic rings. The molecular formula is C15H12BrFO3. The van der Waals surface area contributed by atoms with E-state index in [1.54, 1.807) is 0 Å². The lowest BCUT2D eigenvalue weighted by molar-refractivity contribution is 0.0696. The third-order valence-electron chi connectivity index (χ3n) is 2.73. The van der Waals surface area contributed by atoms with Crippen molar-refractivity contribution >= 4 is 21.9 Å². The first kappa shape index (κ1) is 14.7. The number of carbonyl (C=O) groups is 1. The largest absolute Gasteiger partial charge is 0.478 e. The molecule has 0 aliphatic heterocycles. The van der Waals surface area contributed by atoms with Crippen LogP contribution in [-0.2, 0) is 18.0 Å². The molecule has 0 aromatic heterocycles. The molecule has 2 aromatic carbocycles. The predicted molar refractivity (Wildman–Crippen MR) is 76.0 cm³/mol. The van der Waals surface area contributed by atoms with Crippen LogP contribution in [0.5, 0.6) is 0 Å². The molecule has 104 valence electrons. The fraction of sp³-hybridized carbons (Fsp3) is 0.133. The van der Waals surface area contributed by atoms with Gasteiger partial charge in [-0.25, -0.2) is 9.18 Å². The Balaban J connectivity index is 1.98. The molecule has 0 aliphatic carbocycles. The highest BCUT2D eigenvalue weighted by atomic mass is 79.9. The summed E-state index contributed by atoms with van der Waals surface area (Å²) in [5.41, 5.74) is 1.25. The van der Waals surface area contributed by atoms with E-state index in [1.807, 2.05) is 24.3 Å². The number of aromatic carboxylic acids is 1. The minimum absolute atomic E-state index is 0.0308. The number of ether oxygens (including phenoxy) is 1. The summed E-state index contributed by atoms with van der Waals surface area (Å²) in [7, 11) is 0. The van der Waals surface area contributed by atoms with E-state index in [1.165, 1.54) is 12.1 Å². The van der Waals surface area contributed by atoms with Gasteiger partial charge in [-0.1, -0.05) is 28.1 Å². The van der Waals surface area contributed by atoms with Crippen molar-refractivity contribution in [3.8, 4) is 0 Å². The van der Waals surface area contributed by atoms with Crippen molar-refractivity contribution in [1.82, 2.24) is 0 Å². The van der Waals surface area contributed by atoms with Crippen LogP contribution in [0.25, 0.3) is 0 Å². The molecule has 0 saturated heterocycles. The Labute approximate surface area is 124 Å². The predicted octanol–water partition coefficient (Wildman–Crippen LogP) is 4.00. The quantitative estimate of drug-likeness (QED) is 0.896. The Morgan fingerprint density at radius 1 is 1.15 bits per heavy atom. The Bertz CT molecular complexity index is 611. The maximum Gasteiger partial charge on any atom is 0.335 e. The average Bonchev–Trinajstić information content (AvgIpc) is 2.43. The number of carboxylic acids is 1. The second-order valence-electron chi connectivity index (χ2n) is 4.23. The highest BCUT2D eigenvalue weighted by Gasteiger charge is 2.08. The fourth-order valence-corrected chi connectivity index (χ4v) is 1.94. The molecule has 0 fully saturated rings. The number of benzene rings is 2. The summed E-state index contributed by atoms with van der Waals surface area (Å²) in [5, 5.41) is 8.86. The van der Waals surface area contributed by atoms with Gasteiger partial charge < -0.3 is 9.84 Å². The van der Waals surface area contributed by atoms with Crippen LogP contribution in [0.15, 0.2) is 46.9 Å². The molecule has 0 bridgehead atoms. The molecule has 0 atom stereocenters. The summed E-state index contributed by atoms with van der Waals surface area (Å²) in [6.07, 6.45) is 0. The summed E-state index contributed by atoms with van der Waals surface area (Å²) < 4.78 is 19.9. The van der Waals surface area contributed by atoms with Gasteiger partial charge in [0.2, 0.25) is 0 Å². The lowest BCUT2D eigenvalue weighted by Gasteiger charge is -2.07. The first-order valence-electron chi connectivity index (χ1n) is 5.90. The summed E-state index contributed by atoms with van der Waals surface area (Å²) in [4.78, 5) is 10.8. The van der Waals surface area contributed by atoms with Gasteiger partial charge in [-0.05, 0) is 35.9 Å². The van der Waals surface area contributed by atoms with Crippen LogP contribution in [0, 0.1) is 5.82 Å². The van der Waals surface area contributed by atoms with Crippen molar-refractivity contribution in [2.75, 3.05) is 0 Å². The first-order valence-corrected chi connectivity index (χ1v) is 6.69. The van der Waals surface area contributed by atoms with Crippen molar-refractivity contribution in [3.05, 3.63) is 69.4 Å². The van der Waals surface area contributed by atoms with E-state index in [-0.39, 0.29) is 17.7 Å². The van der Waals surface area contributed by atoms with E-state index in [0.717, 1.165) is 16.1 Å². The van der Waals surface area contributed by atoms with Gasteiger partial charge in [0.15, 0.2) is 0 Å². The molecule has 1 N–H and O–H groups in total. The molecule has 5 heteroatoms. The minimum atomic E-state index is -1.08. The molecule has 20 heavy (non-hydrogen) atoms. The van der Waals surface area contributed by atoms with Gasteiger partial charge >= 0.3 is 5.97 Å². The standard InChI is InChI=1S/C15H12BrFO3/c16-13-4-1-10(2-5-13)8-20-9-12-7-11(15(18)19)3-6-14(12)17/h1-7H,8-9H2,(H,18,19). The van der Waals surface area contributed by atoms with E-state index in [4.69, 9.17) is 9.84 Å². The maximum absolute atomic E-state index is 13.5. The van der Waals surface area contributed by atoms with Crippen LogP contribution in [-0.4, -0.2) is 11.1 Å². The summed E-state index contributed by atoms with van der Waals surface area (Å²) in [5.74, 6) is -1.55. The Kier molecular flexibility index (Phi) is 4.87. The summed E-state index contributed by atoms with van der Waals surface area (Å²) in [6.45, 7) is 0.368. The van der Waals surface area contributed by atoms with Crippen molar-refractivity contribution in [3.63, 3.8) is 0 Å². The highest BCUT2D eigenvalue weighted by Crippen LogP contribution is 2.14. The van der Waals surface area contributed by atoms with E-state index in [9.17, 15) is 9.18 Å². The Hall–Kier alpha value is -1.72. The molecule has 0 radical (unpaired) electrons. The monoisotopic (exact) mass is 338 g/mol. The van der Waals surface area contributed by atoms with Gasteiger partial charge in [0, 0.05) is 10.0 Å². The molecule has 2 rings (SSSR count). The van der Waals surface area contributed by atoms with Crippen LogP contribution < -0.4 is 0 Å². The summed E-state index contributed by atoms with van der Waals surface area (Å²) >= 11 is 3.34. The molecule has 0 saturated carbocycles. The lowest BCUT2D eigenvalue weighted by Crippen LogP contribution is -2.02. The SMILES string of the molecule is O=C(O)c1ccc(F)c(COCc2ccc(Br)cc2)c1. The lowest BCUT2D eigenvalue weighted by atomic mass is 10.1. The Morgan fingerprint density at radius 2 is 1.85 bits per heavy atom. The number of halogens is 2. The van der Waals surface area contributed by atoms with Gasteiger partial charge in [-0.2, -0.15) is 0 Å². The van der Waals surface area contributed by atoms with Gasteiger partial charge in [0.05, 0.1) is 18.8 Å². The number of carboxylic acid groups (broad SMARTS) is 1. The smallest absolute Gasteiger partial charge is 0.335 e. The molecular weight excluding hydrogens is 327 g/mol. The zero-order valence-electron chi connectivity index (χ0n) is 10.5. The third-order valence-corrected chi connectivity index (χ3v) is 3.26. The normalized spacial score (nSPS) is 10.5. The van der Waals surface area contributed by atoms with E-state index in [0.29, 0.717) is 6.61 Å². The molecule has 0 aliphatic rings. The van der Waals surface area contributed by atoms with Crippen LogP contribution in [0.1, 0.15) is 21.5 Å². The van der Waals surface area contributed by atoms with Crippen molar-refractivity contribution < 1.29 is 19.0 Å².